The van der Waals surface area contributed by atoms with Crippen LogP contribution in [0.15, 0.2) is 43.2 Å². The van der Waals surface area contributed by atoms with Crippen LogP contribution in [0.25, 0.3) is 5.82 Å². The van der Waals surface area contributed by atoms with Crippen LogP contribution < -0.4 is 10.2 Å². The van der Waals surface area contributed by atoms with E-state index in [0.717, 1.165) is 43.0 Å². The normalized spacial score (nSPS) is 14.9. The fraction of sp³-hybridized carbons (Fsp3) is 0.316. The molecule has 1 aromatic carbocycles. The van der Waals surface area contributed by atoms with E-state index in [9.17, 15) is 4.79 Å². The van der Waals surface area contributed by atoms with Gasteiger partial charge in [-0.05, 0) is 37.5 Å². The zero-order valence-electron chi connectivity index (χ0n) is 15.4. The molecule has 1 N–H and O–H groups in total. The van der Waals surface area contributed by atoms with E-state index in [1.165, 1.54) is 12.7 Å². The van der Waals surface area contributed by atoms with Crippen LogP contribution in [-0.2, 0) is 4.79 Å². The number of nitrogens with one attached hydrogen (secondary N) is 1. The van der Waals surface area contributed by atoms with E-state index in [1.54, 1.807) is 17.1 Å². The van der Waals surface area contributed by atoms with E-state index in [2.05, 4.69) is 30.3 Å². The molecule has 8 nitrogen and oxygen atoms in total. The van der Waals surface area contributed by atoms with Crippen molar-refractivity contribution in [3.63, 3.8) is 0 Å². The molecule has 0 unspecified atom stereocenters. The highest BCUT2D eigenvalue weighted by Crippen LogP contribution is 2.25. The average Bonchev–Trinajstić information content (AvgIpc) is 3.26. The van der Waals surface area contributed by atoms with Crippen molar-refractivity contribution in [1.29, 1.82) is 0 Å². The molecule has 4 rings (SSSR count). The molecular formula is C19H20ClN7O. The predicted molar refractivity (Wildman–Crippen MR) is 107 cm³/mol. The van der Waals surface area contributed by atoms with Gasteiger partial charge in [0.2, 0.25) is 5.91 Å². The summed E-state index contributed by atoms with van der Waals surface area (Å²) in [6, 6.07) is 7.39. The molecule has 144 valence electrons. The van der Waals surface area contributed by atoms with E-state index in [1.807, 2.05) is 25.1 Å². The number of hydrogen-bond donors (Lipinski definition) is 1. The summed E-state index contributed by atoms with van der Waals surface area (Å²) in [7, 11) is 0. The van der Waals surface area contributed by atoms with Gasteiger partial charge in [0, 0.05) is 35.8 Å². The van der Waals surface area contributed by atoms with Gasteiger partial charge in [-0.1, -0.05) is 17.7 Å². The van der Waals surface area contributed by atoms with Crippen molar-refractivity contribution in [3.8, 4) is 5.82 Å². The number of carbonyl (C=O) groups excluding carboxylic acids is 1. The second-order valence-electron chi connectivity index (χ2n) is 6.78. The largest absolute Gasteiger partial charge is 0.356 e. The first-order valence-corrected chi connectivity index (χ1v) is 9.47. The Morgan fingerprint density at radius 1 is 1.14 bits per heavy atom. The van der Waals surface area contributed by atoms with Crippen molar-refractivity contribution < 1.29 is 4.79 Å². The molecule has 1 amide bonds. The first-order chi connectivity index (χ1) is 13.6. The molecule has 1 fully saturated rings. The van der Waals surface area contributed by atoms with Crippen molar-refractivity contribution in [1.82, 2.24) is 24.7 Å². The number of piperidine rings is 1. The molecule has 1 aliphatic rings. The van der Waals surface area contributed by atoms with Gasteiger partial charge in [0.1, 0.15) is 24.8 Å². The molecule has 9 heteroatoms. The van der Waals surface area contributed by atoms with Crippen LogP contribution in [0.1, 0.15) is 18.4 Å². The molecule has 2 aromatic heterocycles. The van der Waals surface area contributed by atoms with Crippen molar-refractivity contribution >= 4 is 29.0 Å². The van der Waals surface area contributed by atoms with Crippen molar-refractivity contribution in [3.05, 3.63) is 53.8 Å². The van der Waals surface area contributed by atoms with E-state index >= 15 is 0 Å². The maximum atomic E-state index is 12.7. The summed E-state index contributed by atoms with van der Waals surface area (Å²) in [6.07, 6.45) is 6.10. The van der Waals surface area contributed by atoms with Crippen LogP contribution in [0.2, 0.25) is 5.02 Å². The van der Waals surface area contributed by atoms with Crippen LogP contribution in [0.3, 0.4) is 0 Å². The van der Waals surface area contributed by atoms with E-state index < -0.39 is 0 Å². The summed E-state index contributed by atoms with van der Waals surface area (Å²) in [5.41, 5.74) is 1.77. The Labute approximate surface area is 167 Å². The summed E-state index contributed by atoms with van der Waals surface area (Å²) >= 11 is 6.04. The topological polar surface area (TPSA) is 88.8 Å². The lowest BCUT2D eigenvalue weighted by Crippen LogP contribution is -2.38. The van der Waals surface area contributed by atoms with Crippen molar-refractivity contribution in [2.75, 3.05) is 23.3 Å². The third kappa shape index (κ3) is 3.96. The smallest absolute Gasteiger partial charge is 0.227 e. The molecule has 0 aliphatic carbocycles. The van der Waals surface area contributed by atoms with Crippen LogP contribution in [0.5, 0.6) is 0 Å². The third-order valence-electron chi connectivity index (χ3n) is 4.94. The number of halogens is 1. The Morgan fingerprint density at radius 2 is 1.93 bits per heavy atom. The number of aryl methyl sites for hydroxylation is 1. The number of anilines is 2. The SMILES string of the molecule is Cc1ccc(Cl)cc1NC(=O)C1CCN(c2cc(-n3cncn3)ncn2)CC1. The van der Waals surface area contributed by atoms with Gasteiger partial charge in [0.05, 0.1) is 0 Å². The third-order valence-corrected chi connectivity index (χ3v) is 5.17. The van der Waals surface area contributed by atoms with Crippen molar-refractivity contribution in [2.45, 2.75) is 19.8 Å². The van der Waals surface area contributed by atoms with Crippen LogP contribution in [-0.4, -0.2) is 43.7 Å². The van der Waals surface area contributed by atoms with Gasteiger partial charge in [-0.3, -0.25) is 4.79 Å². The van der Waals surface area contributed by atoms with Crippen molar-refractivity contribution in [2.24, 2.45) is 5.92 Å². The summed E-state index contributed by atoms with van der Waals surface area (Å²) < 4.78 is 1.60. The van der Waals surface area contributed by atoms with E-state index in [0.29, 0.717) is 10.8 Å². The molecular weight excluding hydrogens is 378 g/mol. The lowest BCUT2D eigenvalue weighted by Gasteiger charge is -2.32. The van der Waals surface area contributed by atoms with E-state index in [-0.39, 0.29) is 11.8 Å². The number of carbonyl (C=O) groups is 1. The minimum Gasteiger partial charge on any atom is -0.356 e. The maximum absolute atomic E-state index is 12.7. The lowest BCUT2D eigenvalue weighted by molar-refractivity contribution is -0.120. The Bertz CT molecular complexity index is 968. The molecule has 0 radical (unpaired) electrons. The summed E-state index contributed by atoms with van der Waals surface area (Å²) in [4.78, 5) is 27.4. The fourth-order valence-corrected chi connectivity index (χ4v) is 3.47. The molecule has 3 aromatic rings. The average molecular weight is 398 g/mol. The highest BCUT2D eigenvalue weighted by Gasteiger charge is 2.26. The number of rotatable bonds is 4. The van der Waals surface area contributed by atoms with Crippen LogP contribution >= 0.6 is 11.6 Å². The summed E-state index contributed by atoms with van der Waals surface area (Å²) in [6.45, 7) is 3.46. The van der Waals surface area contributed by atoms with Gasteiger partial charge >= 0.3 is 0 Å². The van der Waals surface area contributed by atoms with Gasteiger partial charge in [-0.2, -0.15) is 5.10 Å². The van der Waals surface area contributed by atoms with Gasteiger partial charge < -0.3 is 10.2 Å². The van der Waals surface area contributed by atoms with Gasteiger partial charge in [-0.25, -0.2) is 19.6 Å². The quantitative estimate of drug-likeness (QED) is 0.728. The lowest BCUT2D eigenvalue weighted by atomic mass is 9.95. The first kappa shape index (κ1) is 18.4. The molecule has 0 atom stereocenters. The Kier molecular flexibility index (Phi) is 5.21. The Balaban J connectivity index is 1.39. The number of aromatic nitrogens is 5. The molecule has 1 aliphatic heterocycles. The number of amides is 1. The summed E-state index contributed by atoms with van der Waals surface area (Å²) in [5.74, 6) is 1.49. The number of nitrogens with zero attached hydrogens (tertiary/aromatic N) is 6. The Hall–Kier alpha value is -3.00. The zero-order chi connectivity index (χ0) is 19.5. The van der Waals surface area contributed by atoms with E-state index in [4.69, 9.17) is 11.6 Å². The molecule has 0 saturated carbocycles. The highest BCUT2D eigenvalue weighted by molar-refractivity contribution is 6.31. The molecule has 28 heavy (non-hydrogen) atoms. The van der Waals surface area contributed by atoms with Gasteiger partial charge in [-0.15, -0.1) is 0 Å². The molecule has 1 saturated heterocycles. The summed E-state index contributed by atoms with van der Waals surface area (Å²) in [5, 5.41) is 7.73. The van der Waals surface area contributed by atoms with Gasteiger partial charge in [0.25, 0.3) is 0 Å². The first-order valence-electron chi connectivity index (χ1n) is 9.09. The second-order valence-corrected chi connectivity index (χ2v) is 7.22. The fourth-order valence-electron chi connectivity index (χ4n) is 3.30. The highest BCUT2D eigenvalue weighted by atomic mass is 35.5. The van der Waals surface area contributed by atoms with Crippen LogP contribution in [0, 0.1) is 12.8 Å². The molecule has 0 spiro atoms. The zero-order valence-corrected chi connectivity index (χ0v) is 16.2. The van der Waals surface area contributed by atoms with Crippen LogP contribution in [0.4, 0.5) is 11.5 Å². The minimum absolute atomic E-state index is 0.0359. The maximum Gasteiger partial charge on any atom is 0.227 e. The number of hydrogen-bond acceptors (Lipinski definition) is 6. The standard InChI is InChI=1S/C19H20ClN7O/c1-13-2-3-15(20)8-16(13)25-19(28)14-4-6-26(7-5-14)17-9-18(23-11-22-17)27-12-21-10-24-27/h2-3,8-12,14H,4-7H2,1H3,(H,25,28). The monoisotopic (exact) mass is 397 g/mol. The minimum atomic E-state index is -0.0359. The molecule has 3 heterocycles. The molecule has 0 bridgehead atoms. The predicted octanol–water partition coefficient (Wildman–Crippen LogP) is 2.87. The van der Waals surface area contributed by atoms with Gasteiger partial charge in [0.15, 0.2) is 5.82 Å². The number of benzene rings is 1. The Morgan fingerprint density at radius 3 is 2.68 bits per heavy atom. The second kappa shape index (κ2) is 7.93.